The number of fused-ring (bicyclic) bond motifs is 1. The minimum Gasteiger partial charge on any atom is -0.381 e. The standard InChI is InChI=1S/C18H30N2O4/c21-18(20-5-9-23-10-6-20)16-11-15-1-4-19(13-17(15)24-16)12-14-2-7-22-8-3-14/h14-17H,1-13H2/t15-,16+,17+/m0/s1. The molecule has 0 saturated carbocycles. The van der Waals surface area contributed by atoms with E-state index >= 15 is 0 Å². The highest BCUT2D eigenvalue weighted by Gasteiger charge is 2.43. The summed E-state index contributed by atoms with van der Waals surface area (Å²) in [4.78, 5) is 17.1. The third-order valence-corrected chi connectivity index (χ3v) is 6.09. The van der Waals surface area contributed by atoms with Crippen molar-refractivity contribution in [3.63, 3.8) is 0 Å². The Morgan fingerprint density at radius 3 is 2.50 bits per heavy atom. The van der Waals surface area contributed by atoms with Crippen LogP contribution in [0.5, 0.6) is 0 Å². The van der Waals surface area contributed by atoms with Gasteiger partial charge in [0.2, 0.25) is 0 Å². The lowest BCUT2D eigenvalue weighted by Crippen LogP contribution is -2.46. The molecule has 0 aromatic rings. The van der Waals surface area contributed by atoms with E-state index in [1.165, 1.54) is 19.3 Å². The van der Waals surface area contributed by atoms with Crippen molar-refractivity contribution in [1.82, 2.24) is 9.80 Å². The Hall–Kier alpha value is -0.690. The molecule has 0 unspecified atom stereocenters. The Kier molecular flexibility index (Phi) is 5.37. The number of amides is 1. The Morgan fingerprint density at radius 1 is 0.958 bits per heavy atom. The third-order valence-electron chi connectivity index (χ3n) is 6.09. The van der Waals surface area contributed by atoms with Gasteiger partial charge in [0.15, 0.2) is 0 Å². The summed E-state index contributed by atoms with van der Waals surface area (Å²) in [6.45, 7) is 7.88. The molecular formula is C18H30N2O4. The molecule has 4 fully saturated rings. The summed E-state index contributed by atoms with van der Waals surface area (Å²) in [5.41, 5.74) is 0. The van der Waals surface area contributed by atoms with Crippen LogP contribution < -0.4 is 0 Å². The van der Waals surface area contributed by atoms with E-state index in [0.717, 1.165) is 45.2 Å². The van der Waals surface area contributed by atoms with Crippen LogP contribution in [0.25, 0.3) is 0 Å². The van der Waals surface area contributed by atoms with Crippen molar-refractivity contribution in [3.05, 3.63) is 0 Å². The smallest absolute Gasteiger partial charge is 0.251 e. The molecule has 4 rings (SSSR count). The topological polar surface area (TPSA) is 51.2 Å². The lowest BCUT2D eigenvalue weighted by Gasteiger charge is -2.37. The van der Waals surface area contributed by atoms with Gasteiger partial charge in [0.1, 0.15) is 6.10 Å². The van der Waals surface area contributed by atoms with Gasteiger partial charge in [-0.25, -0.2) is 0 Å². The number of ether oxygens (including phenoxy) is 3. The summed E-state index contributed by atoms with van der Waals surface area (Å²) < 4.78 is 17.0. The van der Waals surface area contributed by atoms with E-state index in [1.54, 1.807) is 0 Å². The Bertz CT molecular complexity index is 435. The summed E-state index contributed by atoms with van der Waals surface area (Å²) in [7, 11) is 0. The number of likely N-dealkylation sites (tertiary alicyclic amines) is 1. The van der Waals surface area contributed by atoms with E-state index in [-0.39, 0.29) is 18.1 Å². The molecule has 0 aromatic carbocycles. The van der Waals surface area contributed by atoms with Crippen molar-refractivity contribution in [2.45, 2.75) is 37.9 Å². The lowest BCUT2D eigenvalue weighted by atomic mass is 9.90. The minimum atomic E-state index is -0.221. The summed E-state index contributed by atoms with van der Waals surface area (Å²) in [5, 5.41) is 0. The number of nitrogens with zero attached hydrogens (tertiary/aromatic N) is 2. The van der Waals surface area contributed by atoms with E-state index in [0.29, 0.717) is 32.2 Å². The average Bonchev–Trinajstić information content (AvgIpc) is 3.06. The fraction of sp³-hybridized carbons (Fsp3) is 0.944. The molecule has 1 amide bonds. The largest absolute Gasteiger partial charge is 0.381 e. The van der Waals surface area contributed by atoms with Crippen LogP contribution in [-0.4, -0.2) is 87.1 Å². The predicted octanol–water partition coefficient (Wildman–Crippen LogP) is 0.751. The van der Waals surface area contributed by atoms with Crippen LogP contribution in [0.4, 0.5) is 0 Å². The van der Waals surface area contributed by atoms with Gasteiger partial charge in [0.25, 0.3) is 5.91 Å². The molecule has 6 nitrogen and oxygen atoms in total. The van der Waals surface area contributed by atoms with Crippen molar-refractivity contribution in [2.24, 2.45) is 11.8 Å². The Labute approximate surface area is 144 Å². The van der Waals surface area contributed by atoms with Crippen molar-refractivity contribution < 1.29 is 19.0 Å². The summed E-state index contributed by atoms with van der Waals surface area (Å²) >= 11 is 0. The van der Waals surface area contributed by atoms with E-state index in [1.807, 2.05) is 4.90 Å². The zero-order valence-corrected chi connectivity index (χ0v) is 14.5. The molecule has 0 bridgehead atoms. The SMILES string of the molecule is O=C([C@H]1C[C@@H]2CCN(CC3CCOCC3)C[C@H]2O1)N1CCOCC1. The first-order valence-electron chi connectivity index (χ1n) is 9.61. The van der Waals surface area contributed by atoms with E-state index in [4.69, 9.17) is 14.2 Å². The molecule has 0 N–H and O–H groups in total. The maximum Gasteiger partial charge on any atom is 0.251 e. The highest BCUT2D eigenvalue weighted by molar-refractivity contribution is 5.81. The number of rotatable bonds is 3. The van der Waals surface area contributed by atoms with E-state index < -0.39 is 0 Å². The molecule has 3 atom stereocenters. The summed E-state index contributed by atoms with van der Waals surface area (Å²) in [5.74, 6) is 1.51. The zero-order chi connectivity index (χ0) is 16.4. The Balaban J connectivity index is 1.28. The van der Waals surface area contributed by atoms with E-state index in [9.17, 15) is 4.79 Å². The van der Waals surface area contributed by atoms with Gasteiger partial charge in [-0.2, -0.15) is 0 Å². The lowest BCUT2D eigenvalue weighted by molar-refractivity contribution is -0.147. The van der Waals surface area contributed by atoms with Gasteiger partial charge in [-0.15, -0.1) is 0 Å². The summed E-state index contributed by atoms with van der Waals surface area (Å²) in [6.07, 6.45) is 4.47. The molecule has 0 spiro atoms. The van der Waals surface area contributed by atoms with Crippen LogP contribution in [0.2, 0.25) is 0 Å². The number of morpholine rings is 1. The Morgan fingerprint density at radius 2 is 1.71 bits per heavy atom. The second kappa shape index (κ2) is 7.68. The predicted molar refractivity (Wildman–Crippen MR) is 88.8 cm³/mol. The second-order valence-corrected chi connectivity index (χ2v) is 7.70. The first-order chi connectivity index (χ1) is 11.8. The quantitative estimate of drug-likeness (QED) is 0.760. The van der Waals surface area contributed by atoms with Crippen molar-refractivity contribution in [2.75, 3.05) is 59.2 Å². The molecule has 24 heavy (non-hydrogen) atoms. The van der Waals surface area contributed by atoms with E-state index in [2.05, 4.69) is 4.90 Å². The van der Waals surface area contributed by atoms with Crippen LogP contribution in [0, 0.1) is 11.8 Å². The molecular weight excluding hydrogens is 308 g/mol. The van der Waals surface area contributed by atoms with Gasteiger partial charge < -0.3 is 24.0 Å². The van der Waals surface area contributed by atoms with Crippen LogP contribution in [0.15, 0.2) is 0 Å². The molecule has 4 aliphatic rings. The van der Waals surface area contributed by atoms with Crippen LogP contribution >= 0.6 is 0 Å². The highest BCUT2D eigenvalue weighted by atomic mass is 16.5. The normalized spacial score (nSPS) is 35.8. The van der Waals surface area contributed by atoms with Crippen LogP contribution in [0.3, 0.4) is 0 Å². The number of piperidine rings is 1. The molecule has 0 aliphatic carbocycles. The van der Waals surface area contributed by atoms with Crippen LogP contribution in [0.1, 0.15) is 25.7 Å². The fourth-order valence-electron chi connectivity index (χ4n) is 4.60. The van der Waals surface area contributed by atoms with Gasteiger partial charge in [-0.1, -0.05) is 0 Å². The van der Waals surface area contributed by atoms with Gasteiger partial charge in [0.05, 0.1) is 19.3 Å². The maximum absolute atomic E-state index is 12.7. The molecule has 0 aromatic heterocycles. The number of carbonyl (C=O) groups is 1. The molecule has 4 aliphatic heterocycles. The van der Waals surface area contributed by atoms with Crippen molar-refractivity contribution >= 4 is 5.91 Å². The van der Waals surface area contributed by atoms with Gasteiger partial charge in [-0.05, 0) is 44.1 Å². The van der Waals surface area contributed by atoms with Crippen LogP contribution in [-0.2, 0) is 19.0 Å². The number of hydrogen-bond donors (Lipinski definition) is 0. The molecule has 0 radical (unpaired) electrons. The monoisotopic (exact) mass is 338 g/mol. The number of carbonyl (C=O) groups excluding carboxylic acids is 1. The first kappa shape index (κ1) is 16.8. The number of hydrogen-bond acceptors (Lipinski definition) is 5. The minimum absolute atomic E-state index is 0.184. The summed E-state index contributed by atoms with van der Waals surface area (Å²) in [6, 6.07) is 0. The molecule has 4 saturated heterocycles. The van der Waals surface area contributed by atoms with Gasteiger partial charge >= 0.3 is 0 Å². The molecule has 4 heterocycles. The van der Waals surface area contributed by atoms with Crippen molar-refractivity contribution in [3.8, 4) is 0 Å². The average molecular weight is 338 g/mol. The highest BCUT2D eigenvalue weighted by Crippen LogP contribution is 2.34. The van der Waals surface area contributed by atoms with Crippen molar-refractivity contribution in [1.29, 1.82) is 0 Å². The molecule has 136 valence electrons. The maximum atomic E-state index is 12.7. The second-order valence-electron chi connectivity index (χ2n) is 7.70. The molecule has 6 heteroatoms. The third kappa shape index (κ3) is 3.77. The van der Waals surface area contributed by atoms with Gasteiger partial charge in [0, 0.05) is 39.4 Å². The van der Waals surface area contributed by atoms with Gasteiger partial charge in [-0.3, -0.25) is 4.79 Å². The zero-order valence-electron chi connectivity index (χ0n) is 14.5. The fourth-order valence-corrected chi connectivity index (χ4v) is 4.60. The first-order valence-corrected chi connectivity index (χ1v) is 9.61.